The van der Waals surface area contributed by atoms with Crippen molar-refractivity contribution in [2.24, 2.45) is 5.92 Å². The molecule has 2 nitrogen and oxygen atoms in total. The van der Waals surface area contributed by atoms with E-state index in [2.05, 4.69) is 26.0 Å². The Labute approximate surface area is 106 Å². The smallest absolute Gasteiger partial charge is 0.122 e. The number of para-hydroxylation sites is 1. The van der Waals surface area contributed by atoms with E-state index in [-0.39, 0.29) is 6.10 Å². The second-order valence-electron chi connectivity index (χ2n) is 4.84. The van der Waals surface area contributed by atoms with Gasteiger partial charge in [-0.2, -0.15) is 0 Å². The van der Waals surface area contributed by atoms with Crippen LogP contribution in [0.4, 0.5) is 0 Å². The van der Waals surface area contributed by atoms with Gasteiger partial charge in [0.15, 0.2) is 0 Å². The Morgan fingerprint density at radius 2 is 1.65 bits per heavy atom. The largest absolute Gasteiger partial charge is 0.496 e. The summed E-state index contributed by atoms with van der Waals surface area (Å²) in [6.45, 7) is 7.94. The standard InChI is InChI=1S/C12H18O.C3H8O/c1-10(2)8-9-11-6-4-5-7-12(11)13-3;1-3(2)4/h4-7,10H,8-9H2,1-3H3;3-4H,1-2H3. The summed E-state index contributed by atoms with van der Waals surface area (Å²) in [5.41, 5.74) is 1.32. The number of methoxy groups -OCH3 is 1. The Balaban J connectivity index is 0.000000557. The summed E-state index contributed by atoms with van der Waals surface area (Å²) in [6, 6.07) is 8.24. The molecule has 0 aliphatic rings. The van der Waals surface area contributed by atoms with E-state index < -0.39 is 0 Å². The summed E-state index contributed by atoms with van der Waals surface area (Å²) >= 11 is 0. The molecule has 0 atom stereocenters. The molecule has 0 radical (unpaired) electrons. The Kier molecular flexibility index (Phi) is 8.51. The second-order valence-corrected chi connectivity index (χ2v) is 4.84. The number of hydrogen-bond acceptors (Lipinski definition) is 2. The molecule has 1 aromatic rings. The number of hydrogen-bond donors (Lipinski definition) is 1. The third-order valence-corrected chi connectivity index (χ3v) is 2.18. The minimum absolute atomic E-state index is 0.167. The van der Waals surface area contributed by atoms with Crippen molar-refractivity contribution in [3.8, 4) is 5.75 Å². The van der Waals surface area contributed by atoms with Crippen LogP contribution in [0, 0.1) is 5.92 Å². The molecule has 1 aromatic carbocycles. The second kappa shape index (κ2) is 9.06. The van der Waals surface area contributed by atoms with Crippen molar-refractivity contribution in [2.75, 3.05) is 7.11 Å². The van der Waals surface area contributed by atoms with Crippen molar-refractivity contribution >= 4 is 0 Å². The first-order chi connectivity index (χ1) is 7.97. The highest BCUT2D eigenvalue weighted by molar-refractivity contribution is 5.33. The van der Waals surface area contributed by atoms with Crippen LogP contribution in [0.25, 0.3) is 0 Å². The number of aryl methyl sites for hydroxylation is 1. The van der Waals surface area contributed by atoms with Gasteiger partial charge in [-0.25, -0.2) is 0 Å². The highest BCUT2D eigenvalue weighted by Gasteiger charge is 2.02. The van der Waals surface area contributed by atoms with Crippen molar-refractivity contribution in [1.29, 1.82) is 0 Å². The predicted octanol–water partition coefficient (Wildman–Crippen LogP) is 3.67. The molecule has 0 unspecified atom stereocenters. The lowest BCUT2D eigenvalue weighted by molar-refractivity contribution is 0.216. The molecule has 98 valence electrons. The van der Waals surface area contributed by atoms with E-state index in [1.54, 1.807) is 21.0 Å². The molecule has 17 heavy (non-hydrogen) atoms. The van der Waals surface area contributed by atoms with Crippen molar-refractivity contribution in [2.45, 2.75) is 46.6 Å². The maximum absolute atomic E-state index is 8.06. The first-order valence-electron chi connectivity index (χ1n) is 6.27. The highest BCUT2D eigenvalue weighted by atomic mass is 16.5. The summed E-state index contributed by atoms with van der Waals surface area (Å²) < 4.78 is 5.28. The van der Waals surface area contributed by atoms with Gasteiger partial charge in [0.2, 0.25) is 0 Å². The van der Waals surface area contributed by atoms with Crippen molar-refractivity contribution in [1.82, 2.24) is 0 Å². The van der Waals surface area contributed by atoms with E-state index in [1.165, 1.54) is 12.0 Å². The molecule has 1 N–H and O–H groups in total. The fourth-order valence-corrected chi connectivity index (χ4v) is 1.35. The Morgan fingerprint density at radius 1 is 1.12 bits per heavy atom. The van der Waals surface area contributed by atoms with Crippen molar-refractivity contribution in [3.05, 3.63) is 29.8 Å². The molecule has 0 amide bonds. The first kappa shape index (κ1) is 16.0. The van der Waals surface area contributed by atoms with Gasteiger partial charge in [-0.05, 0) is 44.2 Å². The van der Waals surface area contributed by atoms with Crippen LogP contribution in [-0.2, 0) is 6.42 Å². The third kappa shape index (κ3) is 8.75. The predicted molar refractivity (Wildman–Crippen MR) is 73.5 cm³/mol. The molecule has 0 fully saturated rings. The van der Waals surface area contributed by atoms with Crippen LogP contribution in [0.2, 0.25) is 0 Å². The SMILES string of the molecule is CC(C)O.COc1ccccc1CCC(C)C. The van der Waals surface area contributed by atoms with Gasteiger partial charge >= 0.3 is 0 Å². The number of benzene rings is 1. The van der Waals surface area contributed by atoms with Crippen molar-refractivity contribution in [3.63, 3.8) is 0 Å². The van der Waals surface area contributed by atoms with Gasteiger partial charge in [0.1, 0.15) is 5.75 Å². The minimum Gasteiger partial charge on any atom is -0.496 e. The van der Waals surface area contributed by atoms with Crippen LogP contribution in [0.5, 0.6) is 5.75 Å². The molecular weight excluding hydrogens is 212 g/mol. The van der Waals surface area contributed by atoms with E-state index in [0.29, 0.717) is 0 Å². The van der Waals surface area contributed by atoms with Crippen LogP contribution >= 0.6 is 0 Å². The van der Waals surface area contributed by atoms with Crippen LogP contribution < -0.4 is 4.74 Å². The molecule has 2 heteroatoms. The Morgan fingerprint density at radius 3 is 2.12 bits per heavy atom. The van der Waals surface area contributed by atoms with E-state index in [0.717, 1.165) is 18.1 Å². The zero-order valence-electron chi connectivity index (χ0n) is 11.7. The van der Waals surface area contributed by atoms with Gasteiger partial charge in [0.05, 0.1) is 7.11 Å². The molecule has 0 aromatic heterocycles. The first-order valence-corrected chi connectivity index (χ1v) is 6.27. The van der Waals surface area contributed by atoms with Gasteiger partial charge in [-0.15, -0.1) is 0 Å². The summed E-state index contributed by atoms with van der Waals surface area (Å²) in [4.78, 5) is 0. The van der Waals surface area contributed by atoms with Crippen molar-refractivity contribution < 1.29 is 9.84 Å². The average molecular weight is 238 g/mol. The maximum atomic E-state index is 8.06. The molecule has 0 saturated carbocycles. The van der Waals surface area contributed by atoms with E-state index in [9.17, 15) is 0 Å². The fraction of sp³-hybridized carbons (Fsp3) is 0.600. The van der Waals surface area contributed by atoms with E-state index in [1.807, 2.05) is 12.1 Å². The molecule has 0 aliphatic carbocycles. The summed E-state index contributed by atoms with van der Waals surface area (Å²) in [5.74, 6) is 1.77. The van der Waals surface area contributed by atoms with E-state index >= 15 is 0 Å². The number of aliphatic hydroxyl groups excluding tert-OH is 1. The quantitative estimate of drug-likeness (QED) is 0.867. The third-order valence-electron chi connectivity index (χ3n) is 2.18. The average Bonchev–Trinajstić information content (AvgIpc) is 2.26. The number of rotatable bonds is 4. The number of ether oxygens (including phenoxy) is 1. The molecule has 1 rings (SSSR count). The van der Waals surface area contributed by atoms with Gasteiger partial charge in [0.25, 0.3) is 0 Å². The van der Waals surface area contributed by atoms with Gasteiger partial charge in [-0.1, -0.05) is 32.0 Å². The van der Waals surface area contributed by atoms with Crippen LogP contribution in [0.3, 0.4) is 0 Å². The van der Waals surface area contributed by atoms with Gasteiger partial charge in [-0.3, -0.25) is 0 Å². The van der Waals surface area contributed by atoms with Crippen LogP contribution in [0.15, 0.2) is 24.3 Å². The molecule has 0 bridgehead atoms. The summed E-state index contributed by atoms with van der Waals surface area (Å²) in [6.07, 6.45) is 2.17. The molecule has 0 saturated heterocycles. The molecule has 0 spiro atoms. The zero-order chi connectivity index (χ0) is 13.3. The number of aliphatic hydroxyl groups is 1. The maximum Gasteiger partial charge on any atom is 0.122 e. The summed E-state index contributed by atoms with van der Waals surface area (Å²) in [7, 11) is 1.73. The zero-order valence-corrected chi connectivity index (χ0v) is 11.7. The van der Waals surface area contributed by atoms with Crippen LogP contribution in [0.1, 0.15) is 39.7 Å². The molecular formula is C15H26O2. The molecule has 0 heterocycles. The van der Waals surface area contributed by atoms with Gasteiger partial charge < -0.3 is 9.84 Å². The lowest BCUT2D eigenvalue weighted by Gasteiger charge is -2.09. The topological polar surface area (TPSA) is 29.5 Å². The Bertz CT molecular complexity index is 290. The normalized spacial score (nSPS) is 10.1. The lowest BCUT2D eigenvalue weighted by Crippen LogP contribution is -1.95. The van der Waals surface area contributed by atoms with E-state index in [4.69, 9.17) is 9.84 Å². The Hall–Kier alpha value is -1.02. The highest BCUT2D eigenvalue weighted by Crippen LogP contribution is 2.20. The van der Waals surface area contributed by atoms with Crippen LogP contribution in [-0.4, -0.2) is 18.3 Å². The van der Waals surface area contributed by atoms with Gasteiger partial charge in [0, 0.05) is 6.10 Å². The monoisotopic (exact) mass is 238 g/mol. The fourth-order valence-electron chi connectivity index (χ4n) is 1.35. The minimum atomic E-state index is -0.167. The lowest BCUT2D eigenvalue weighted by atomic mass is 10.0. The molecule has 0 aliphatic heterocycles. The summed E-state index contributed by atoms with van der Waals surface area (Å²) in [5, 5.41) is 8.06.